The Morgan fingerprint density at radius 3 is 2.73 bits per heavy atom. The highest BCUT2D eigenvalue weighted by Crippen LogP contribution is 2.34. The van der Waals surface area contributed by atoms with E-state index in [-0.39, 0.29) is 12.0 Å². The lowest BCUT2D eigenvalue weighted by atomic mass is 9.83. The van der Waals surface area contributed by atoms with Crippen LogP contribution in [0.3, 0.4) is 0 Å². The molecule has 2 aliphatic rings. The van der Waals surface area contributed by atoms with Crippen LogP contribution in [0.25, 0.3) is 0 Å². The molecule has 0 aromatic heterocycles. The molecule has 2 fully saturated rings. The summed E-state index contributed by atoms with van der Waals surface area (Å²) in [4.78, 5) is 11.4. The molecule has 1 aliphatic heterocycles. The van der Waals surface area contributed by atoms with E-state index in [9.17, 15) is 4.79 Å². The summed E-state index contributed by atoms with van der Waals surface area (Å²) in [5, 5.41) is 3.35. The van der Waals surface area contributed by atoms with Crippen LogP contribution in [0.5, 0.6) is 0 Å². The number of carbonyl (C=O) groups excluding carboxylic acids is 1. The number of fused-ring (bicyclic) bond motifs is 1. The van der Waals surface area contributed by atoms with Gasteiger partial charge in [0.2, 0.25) is 0 Å². The summed E-state index contributed by atoms with van der Waals surface area (Å²) in [5.41, 5.74) is 0. The maximum Gasteiger partial charge on any atom is 0.322 e. The number of hydrogen-bond acceptors (Lipinski definition) is 4. The Labute approximate surface area is 90.3 Å². The molecule has 4 atom stereocenters. The van der Waals surface area contributed by atoms with Crippen molar-refractivity contribution in [1.82, 2.24) is 5.32 Å². The zero-order valence-electron chi connectivity index (χ0n) is 9.36. The summed E-state index contributed by atoms with van der Waals surface area (Å²) < 4.78 is 10.1. The molecule has 4 heteroatoms. The van der Waals surface area contributed by atoms with E-state index in [0.717, 1.165) is 25.7 Å². The molecule has 1 heterocycles. The zero-order valence-corrected chi connectivity index (χ0v) is 9.36. The highest BCUT2D eigenvalue weighted by molar-refractivity contribution is 5.76. The van der Waals surface area contributed by atoms with Gasteiger partial charge in [0.25, 0.3) is 0 Å². The second kappa shape index (κ2) is 4.49. The normalized spacial score (nSPS) is 39.9. The third-order valence-corrected chi connectivity index (χ3v) is 3.72. The Kier molecular flexibility index (Phi) is 3.26. The molecular weight excluding hydrogens is 194 g/mol. The lowest BCUT2D eigenvalue weighted by molar-refractivity contribution is -0.142. The van der Waals surface area contributed by atoms with Crippen molar-refractivity contribution >= 4 is 5.97 Å². The van der Waals surface area contributed by atoms with E-state index in [1.54, 1.807) is 7.11 Å². The molecule has 4 nitrogen and oxygen atoms in total. The Balaban J connectivity index is 1.92. The summed E-state index contributed by atoms with van der Waals surface area (Å²) >= 11 is 0. The predicted molar refractivity (Wildman–Crippen MR) is 55.5 cm³/mol. The molecule has 4 unspecified atom stereocenters. The van der Waals surface area contributed by atoms with Gasteiger partial charge in [-0.05, 0) is 31.6 Å². The van der Waals surface area contributed by atoms with E-state index in [1.165, 1.54) is 7.11 Å². The van der Waals surface area contributed by atoms with Gasteiger partial charge >= 0.3 is 5.97 Å². The Hall–Kier alpha value is -0.610. The first-order valence-corrected chi connectivity index (χ1v) is 5.61. The van der Waals surface area contributed by atoms with Gasteiger partial charge in [-0.2, -0.15) is 0 Å². The molecule has 15 heavy (non-hydrogen) atoms. The number of hydrogen-bond donors (Lipinski definition) is 1. The van der Waals surface area contributed by atoms with Crippen LogP contribution in [0.2, 0.25) is 0 Å². The predicted octanol–water partition coefficient (Wildman–Crippen LogP) is 0.705. The van der Waals surface area contributed by atoms with Gasteiger partial charge < -0.3 is 14.8 Å². The lowest BCUT2D eigenvalue weighted by Gasteiger charge is -2.30. The van der Waals surface area contributed by atoms with Gasteiger partial charge in [-0.25, -0.2) is 0 Å². The van der Waals surface area contributed by atoms with Crippen molar-refractivity contribution in [3.05, 3.63) is 0 Å². The highest BCUT2D eigenvalue weighted by Gasteiger charge is 2.41. The van der Waals surface area contributed by atoms with Crippen molar-refractivity contribution in [3.63, 3.8) is 0 Å². The molecule has 0 amide bonds. The summed E-state index contributed by atoms with van der Waals surface area (Å²) in [7, 11) is 3.21. The smallest absolute Gasteiger partial charge is 0.322 e. The second-order valence-corrected chi connectivity index (χ2v) is 4.52. The van der Waals surface area contributed by atoms with Gasteiger partial charge in [-0.3, -0.25) is 4.79 Å². The van der Waals surface area contributed by atoms with Gasteiger partial charge in [-0.15, -0.1) is 0 Å². The van der Waals surface area contributed by atoms with Gasteiger partial charge in [-0.1, -0.05) is 0 Å². The third-order valence-electron chi connectivity index (χ3n) is 3.72. The van der Waals surface area contributed by atoms with E-state index in [0.29, 0.717) is 18.1 Å². The minimum Gasteiger partial charge on any atom is -0.468 e. The van der Waals surface area contributed by atoms with E-state index in [4.69, 9.17) is 9.47 Å². The van der Waals surface area contributed by atoms with Crippen LogP contribution in [0.1, 0.15) is 25.7 Å². The van der Waals surface area contributed by atoms with Crippen LogP contribution in [-0.2, 0) is 14.3 Å². The third kappa shape index (κ3) is 2.16. The SMILES string of the molecule is COC(=O)C1CC2CCC(OC)CC2N1. The van der Waals surface area contributed by atoms with Gasteiger partial charge in [0, 0.05) is 13.2 Å². The summed E-state index contributed by atoms with van der Waals surface area (Å²) in [6, 6.07) is 0.341. The van der Waals surface area contributed by atoms with Gasteiger partial charge in [0.1, 0.15) is 6.04 Å². The Morgan fingerprint density at radius 1 is 1.27 bits per heavy atom. The minimum atomic E-state index is -0.127. The topological polar surface area (TPSA) is 47.6 Å². The minimum absolute atomic E-state index is 0.0967. The molecule has 0 spiro atoms. The van der Waals surface area contributed by atoms with E-state index in [2.05, 4.69) is 5.32 Å². The van der Waals surface area contributed by atoms with Crippen LogP contribution in [-0.4, -0.2) is 38.4 Å². The molecule has 1 N–H and O–H groups in total. The zero-order chi connectivity index (χ0) is 10.8. The van der Waals surface area contributed by atoms with Crippen molar-refractivity contribution in [2.75, 3.05) is 14.2 Å². The Morgan fingerprint density at radius 2 is 2.07 bits per heavy atom. The summed E-state index contributed by atoms with van der Waals surface area (Å²) in [6.45, 7) is 0. The van der Waals surface area contributed by atoms with Crippen molar-refractivity contribution < 1.29 is 14.3 Å². The maximum absolute atomic E-state index is 11.4. The molecule has 1 saturated carbocycles. The molecule has 0 aromatic carbocycles. The molecule has 1 saturated heterocycles. The van der Waals surface area contributed by atoms with Crippen molar-refractivity contribution in [1.29, 1.82) is 0 Å². The average Bonchev–Trinajstić information content (AvgIpc) is 2.70. The fraction of sp³-hybridized carbons (Fsp3) is 0.909. The van der Waals surface area contributed by atoms with Crippen molar-refractivity contribution in [2.45, 2.75) is 43.9 Å². The van der Waals surface area contributed by atoms with Crippen LogP contribution >= 0.6 is 0 Å². The fourth-order valence-corrected chi connectivity index (χ4v) is 2.83. The fourth-order valence-electron chi connectivity index (χ4n) is 2.83. The molecule has 2 rings (SSSR count). The number of ether oxygens (including phenoxy) is 2. The first kappa shape index (κ1) is 10.9. The van der Waals surface area contributed by atoms with E-state index < -0.39 is 0 Å². The second-order valence-electron chi connectivity index (χ2n) is 4.52. The number of nitrogens with one attached hydrogen (secondary N) is 1. The number of carbonyl (C=O) groups is 1. The van der Waals surface area contributed by atoms with Crippen LogP contribution in [0.15, 0.2) is 0 Å². The first-order chi connectivity index (χ1) is 7.24. The monoisotopic (exact) mass is 213 g/mol. The van der Waals surface area contributed by atoms with Crippen LogP contribution in [0.4, 0.5) is 0 Å². The lowest BCUT2D eigenvalue weighted by Crippen LogP contribution is -2.40. The molecular formula is C11H19NO3. The number of esters is 1. The van der Waals surface area contributed by atoms with Crippen molar-refractivity contribution in [2.24, 2.45) is 5.92 Å². The average molecular weight is 213 g/mol. The molecule has 1 aliphatic carbocycles. The molecule has 0 radical (unpaired) electrons. The van der Waals surface area contributed by atoms with E-state index in [1.807, 2.05) is 0 Å². The molecule has 0 bridgehead atoms. The highest BCUT2D eigenvalue weighted by atomic mass is 16.5. The standard InChI is InChI=1S/C11H19NO3/c1-14-8-4-3-7-5-10(11(13)15-2)12-9(7)6-8/h7-10,12H,3-6H2,1-2H3. The van der Waals surface area contributed by atoms with Gasteiger partial charge in [0.15, 0.2) is 0 Å². The Bertz CT molecular complexity index is 244. The number of methoxy groups -OCH3 is 2. The van der Waals surface area contributed by atoms with Gasteiger partial charge in [0.05, 0.1) is 13.2 Å². The largest absolute Gasteiger partial charge is 0.468 e. The van der Waals surface area contributed by atoms with E-state index >= 15 is 0 Å². The van der Waals surface area contributed by atoms with Crippen LogP contribution < -0.4 is 5.32 Å². The van der Waals surface area contributed by atoms with Crippen LogP contribution in [0, 0.1) is 5.92 Å². The quantitative estimate of drug-likeness (QED) is 0.686. The molecule has 86 valence electrons. The van der Waals surface area contributed by atoms with Crippen molar-refractivity contribution in [3.8, 4) is 0 Å². The maximum atomic E-state index is 11.4. The number of rotatable bonds is 2. The molecule has 0 aromatic rings. The summed E-state index contributed by atoms with van der Waals surface area (Å²) in [5.74, 6) is 0.499. The summed E-state index contributed by atoms with van der Waals surface area (Å²) in [6.07, 6.45) is 4.58. The first-order valence-electron chi connectivity index (χ1n) is 5.61.